The largest absolute Gasteiger partial charge is 0.495 e. The molecule has 0 aromatic heterocycles. The molecular weight excluding hydrogens is 308 g/mol. The van der Waals surface area contributed by atoms with Crippen LogP contribution in [-0.2, 0) is 9.59 Å². The van der Waals surface area contributed by atoms with Gasteiger partial charge < -0.3 is 20.1 Å². The second-order valence-corrected chi connectivity index (χ2v) is 5.62. The average molecular weight is 327 g/mol. The van der Waals surface area contributed by atoms with Crippen LogP contribution in [0.15, 0.2) is 18.2 Å². The highest BCUT2D eigenvalue weighted by atomic mass is 35.5. The number of nitrogens with zero attached hydrogens (tertiary/aromatic N) is 1. The van der Waals surface area contributed by atoms with Crippen LogP contribution in [0.25, 0.3) is 0 Å². The minimum absolute atomic E-state index is 0.0442. The van der Waals surface area contributed by atoms with Crippen molar-refractivity contribution in [2.45, 2.75) is 12.8 Å². The van der Waals surface area contributed by atoms with Crippen LogP contribution < -0.4 is 10.1 Å². The molecule has 2 N–H and O–H groups in total. The lowest BCUT2D eigenvalue weighted by molar-refractivity contribution is -0.141. The van der Waals surface area contributed by atoms with Crippen LogP contribution in [0.5, 0.6) is 5.75 Å². The molecule has 6 nitrogen and oxygen atoms in total. The van der Waals surface area contributed by atoms with Crippen molar-refractivity contribution in [1.82, 2.24) is 4.90 Å². The number of likely N-dealkylation sites (tertiary alicyclic amines) is 1. The van der Waals surface area contributed by atoms with Crippen LogP contribution in [0.4, 0.5) is 5.69 Å². The summed E-state index contributed by atoms with van der Waals surface area (Å²) in [5.74, 6) is -0.664. The van der Waals surface area contributed by atoms with Gasteiger partial charge in [-0.15, -0.1) is 0 Å². The molecule has 1 saturated heterocycles. The number of hydrogen-bond acceptors (Lipinski definition) is 4. The maximum Gasteiger partial charge on any atom is 0.308 e. The first-order chi connectivity index (χ1) is 10.5. The number of halogens is 1. The SMILES string of the molecule is COc1ccc(Cl)cc1NCCC(=O)N1CCC(C(=O)O)C1. The number of carboxylic acids is 1. The summed E-state index contributed by atoms with van der Waals surface area (Å²) in [5, 5.41) is 12.6. The number of carbonyl (C=O) groups excluding carboxylic acids is 1. The summed E-state index contributed by atoms with van der Waals surface area (Å²) >= 11 is 5.94. The molecule has 1 aromatic carbocycles. The van der Waals surface area contributed by atoms with Crippen LogP contribution >= 0.6 is 11.6 Å². The average Bonchev–Trinajstić information content (AvgIpc) is 2.97. The third kappa shape index (κ3) is 4.04. The molecule has 0 aliphatic carbocycles. The number of carbonyl (C=O) groups is 2. The van der Waals surface area contributed by atoms with Crippen molar-refractivity contribution in [2.75, 3.05) is 32.1 Å². The molecule has 2 rings (SSSR count). The summed E-state index contributed by atoms with van der Waals surface area (Å²) in [7, 11) is 1.57. The van der Waals surface area contributed by atoms with Crippen molar-refractivity contribution in [1.29, 1.82) is 0 Å². The highest BCUT2D eigenvalue weighted by Gasteiger charge is 2.30. The first-order valence-electron chi connectivity index (χ1n) is 7.09. The normalized spacial score (nSPS) is 17.4. The van der Waals surface area contributed by atoms with E-state index in [0.717, 1.165) is 5.69 Å². The lowest BCUT2D eigenvalue weighted by atomic mass is 10.1. The van der Waals surface area contributed by atoms with Gasteiger partial charge in [0.15, 0.2) is 0 Å². The van der Waals surface area contributed by atoms with Crippen LogP contribution in [-0.4, -0.2) is 48.6 Å². The fourth-order valence-electron chi connectivity index (χ4n) is 2.47. The number of ether oxygens (including phenoxy) is 1. The summed E-state index contributed by atoms with van der Waals surface area (Å²) < 4.78 is 5.22. The third-order valence-electron chi connectivity index (χ3n) is 3.71. The topological polar surface area (TPSA) is 78.9 Å². The Morgan fingerprint density at radius 2 is 2.27 bits per heavy atom. The van der Waals surface area contributed by atoms with Gasteiger partial charge in [-0.25, -0.2) is 0 Å². The zero-order valence-corrected chi connectivity index (χ0v) is 13.1. The fraction of sp³-hybridized carbons (Fsp3) is 0.467. The number of anilines is 1. The molecule has 1 aliphatic heterocycles. The molecule has 1 unspecified atom stereocenters. The second kappa shape index (κ2) is 7.35. The zero-order chi connectivity index (χ0) is 16.1. The summed E-state index contributed by atoms with van der Waals surface area (Å²) in [6.45, 7) is 1.24. The van der Waals surface area contributed by atoms with Crippen molar-refractivity contribution >= 4 is 29.2 Å². The molecule has 7 heteroatoms. The van der Waals surface area contributed by atoms with Gasteiger partial charge in [0.2, 0.25) is 5.91 Å². The van der Waals surface area contributed by atoms with E-state index in [0.29, 0.717) is 43.2 Å². The Morgan fingerprint density at radius 1 is 1.50 bits per heavy atom. The van der Waals surface area contributed by atoms with Gasteiger partial charge in [0.25, 0.3) is 0 Å². The Hall–Kier alpha value is -1.95. The van der Waals surface area contributed by atoms with Crippen LogP contribution in [0, 0.1) is 5.92 Å². The van der Waals surface area contributed by atoms with Crippen molar-refractivity contribution in [3.63, 3.8) is 0 Å². The van der Waals surface area contributed by atoms with Gasteiger partial charge in [-0.1, -0.05) is 11.6 Å². The number of nitrogens with one attached hydrogen (secondary N) is 1. The summed E-state index contributed by atoms with van der Waals surface area (Å²) in [5.41, 5.74) is 0.729. The lowest BCUT2D eigenvalue weighted by Crippen LogP contribution is -2.31. The highest BCUT2D eigenvalue weighted by molar-refractivity contribution is 6.30. The Kier molecular flexibility index (Phi) is 5.49. The number of hydrogen-bond donors (Lipinski definition) is 2. The number of amides is 1. The van der Waals surface area contributed by atoms with E-state index in [2.05, 4.69) is 5.32 Å². The number of methoxy groups -OCH3 is 1. The Labute approximate surface area is 134 Å². The Bertz CT molecular complexity index is 564. The van der Waals surface area contributed by atoms with E-state index in [9.17, 15) is 9.59 Å². The van der Waals surface area contributed by atoms with Gasteiger partial charge >= 0.3 is 5.97 Å². The number of carboxylic acid groups (broad SMARTS) is 1. The molecule has 1 heterocycles. The number of rotatable bonds is 6. The molecule has 0 saturated carbocycles. The lowest BCUT2D eigenvalue weighted by Gasteiger charge is -2.17. The summed E-state index contributed by atoms with van der Waals surface area (Å²) in [4.78, 5) is 24.6. The zero-order valence-electron chi connectivity index (χ0n) is 12.3. The van der Waals surface area contributed by atoms with Gasteiger partial charge in [0.1, 0.15) is 5.75 Å². The molecule has 120 valence electrons. The first kappa shape index (κ1) is 16.4. The van der Waals surface area contributed by atoms with Crippen molar-refractivity contribution < 1.29 is 19.4 Å². The van der Waals surface area contributed by atoms with Gasteiger partial charge in [-0.3, -0.25) is 9.59 Å². The first-order valence-corrected chi connectivity index (χ1v) is 7.47. The van der Waals surface area contributed by atoms with Crippen molar-refractivity contribution in [3.8, 4) is 5.75 Å². The smallest absolute Gasteiger partial charge is 0.308 e. The van der Waals surface area contributed by atoms with Gasteiger partial charge in [0, 0.05) is 31.1 Å². The second-order valence-electron chi connectivity index (χ2n) is 5.18. The van der Waals surface area contributed by atoms with Gasteiger partial charge in [-0.05, 0) is 24.6 Å². The number of benzene rings is 1. The van der Waals surface area contributed by atoms with Gasteiger partial charge in [-0.2, -0.15) is 0 Å². The Balaban J connectivity index is 1.83. The molecule has 0 spiro atoms. The molecular formula is C15H19ClN2O4. The van der Waals surface area contributed by atoms with E-state index in [1.807, 2.05) is 0 Å². The standard InChI is InChI=1S/C15H19ClN2O4/c1-22-13-3-2-11(16)8-12(13)17-6-4-14(19)18-7-5-10(9-18)15(20)21/h2-3,8,10,17H,4-7,9H2,1H3,(H,20,21). The maximum absolute atomic E-state index is 12.1. The molecule has 1 aromatic rings. The van der Waals surface area contributed by atoms with Gasteiger partial charge in [0.05, 0.1) is 18.7 Å². The van der Waals surface area contributed by atoms with E-state index in [1.165, 1.54) is 0 Å². The molecule has 1 fully saturated rings. The predicted molar refractivity (Wildman–Crippen MR) is 83.4 cm³/mol. The fourth-order valence-corrected chi connectivity index (χ4v) is 2.64. The molecule has 1 amide bonds. The van der Waals surface area contributed by atoms with Crippen molar-refractivity contribution in [2.24, 2.45) is 5.92 Å². The molecule has 1 aliphatic rings. The quantitative estimate of drug-likeness (QED) is 0.836. The van der Waals surface area contributed by atoms with E-state index in [1.54, 1.807) is 30.2 Å². The van der Waals surface area contributed by atoms with Crippen LogP contribution in [0.2, 0.25) is 5.02 Å². The summed E-state index contributed by atoms with van der Waals surface area (Å²) in [6.07, 6.45) is 0.818. The minimum Gasteiger partial charge on any atom is -0.495 e. The minimum atomic E-state index is -0.836. The monoisotopic (exact) mass is 326 g/mol. The van der Waals surface area contributed by atoms with E-state index < -0.39 is 11.9 Å². The van der Waals surface area contributed by atoms with Crippen molar-refractivity contribution in [3.05, 3.63) is 23.2 Å². The molecule has 0 radical (unpaired) electrons. The highest BCUT2D eigenvalue weighted by Crippen LogP contribution is 2.27. The van der Waals surface area contributed by atoms with Crippen LogP contribution in [0.1, 0.15) is 12.8 Å². The summed E-state index contributed by atoms with van der Waals surface area (Å²) in [6, 6.07) is 5.22. The van der Waals surface area contributed by atoms with E-state index >= 15 is 0 Å². The predicted octanol–water partition coefficient (Wildman–Crippen LogP) is 2.08. The molecule has 0 bridgehead atoms. The molecule has 22 heavy (non-hydrogen) atoms. The molecule has 1 atom stereocenters. The Morgan fingerprint density at radius 3 is 2.91 bits per heavy atom. The van der Waals surface area contributed by atoms with Crippen LogP contribution in [0.3, 0.4) is 0 Å². The van der Waals surface area contributed by atoms with E-state index in [-0.39, 0.29) is 5.91 Å². The van der Waals surface area contributed by atoms with E-state index in [4.69, 9.17) is 21.4 Å². The number of aliphatic carboxylic acids is 1. The maximum atomic E-state index is 12.1. The third-order valence-corrected chi connectivity index (χ3v) is 3.94.